The number of carbonyl (C=O) groups is 1. The summed E-state index contributed by atoms with van der Waals surface area (Å²) in [5.41, 5.74) is 4.59. The number of hydrogen-bond acceptors (Lipinski definition) is 3. The van der Waals surface area contributed by atoms with E-state index in [-0.39, 0.29) is 5.91 Å². The number of hydrogen-bond donors (Lipinski definition) is 1. The first-order chi connectivity index (χ1) is 11.4. The maximum Gasteiger partial charge on any atom is 0.224 e. The smallest absolute Gasteiger partial charge is 0.224 e. The van der Waals surface area contributed by atoms with E-state index in [0.717, 1.165) is 23.5 Å². The third-order valence-electron chi connectivity index (χ3n) is 3.97. The lowest BCUT2D eigenvalue weighted by Crippen LogP contribution is -2.13. The fraction of sp³-hybridized carbons (Fsp3) is 0.421. The highest BCUT2D eigenvalue weighted by molar-refractivity contribution is 5.90. The molecule has 2 aromatic rings. The average molecular weight is 324 g/mol. The lowest BCUT2D eigenvalue weighted by atomic mass is 10.1. The number of rotatable bonds is 6. The van der Waals surface area contributed by atoms with Crippen molar-refractivity contribution in [2.45, 2.75) is 47.1 Å². The Kier molecular flexibility index (Phi) is 5.75. The lowest BCUT2D eigenvalue weighted by Gasteiger charge is -2.08. The quantitative estimate of drug-likeness (QED) is 0.882. The third kappa shape index (κ3) is 4.45. The highest BCUT2D eigenvalue weighted by atomic mass is 16.1. The van der Waals surface area contributed by atoms with Gasteiger partial charge in [-0.05, 0) is 56.0 Å². The standard InChI is InChI=1S/C19H24N4O/c1-13(2)12-23-15(4)18(14(3)22-23)9-10-19(24)21-17-7-5-16(11-20)6-8-17/h5-8,13H,9-10,12H2,1-4H3,(H,21,24). The summed E-state index contributed by atoms with van der Waals surface area (Å²) in [5, 5.41) is 16.2. The normalized spacial score (nSPS) is 10.7. The van der Waals surface area contributed by atoms with Crippen molar-refractivity contribution in [1.29, 1.82) is 5.26 Å². The highest BCUT2D eigenvalue weighted by Gasteiger charge is 2.13. The molecule has 1 N–H and O–H groups in total. The molecule has 0 spiro atoms. The van der Waals surface area contributed by atoms with Crippen LogP contribution in [0, 0.1) is 31.1 Å². The Bertz CT molecular complexity index is 751. The molecular weight excluding hydrogens is 300 g/mol. The van der Waals surface area contributed by atoms with Crippen molar-refractivity contribution in [2.24, 2.45) is 5.92 Å². The average Bonchev–Trinajstić information content (AvgIpc) is 2.79. The number of amides is 1. The Morgan fingerprint density at radius 3 is 2.54 bits per heavy atom. The molecule has 2 rings (SSSR count). The van der Waals surface area contributed by atoms with E-state index < -0.39 is 0 Å². The molecule has 0 aliphatic rings. The number of nitrogens with zero attached hydrogens (tertiary/aromatic N) is 3. The minimum absolute atomic E-state index is 0.0323. The van der Waals surface area contributed by atoms with Crippen LogP contribution in [0.3, 0.4) is 0 Å². The molecule has 0 aliphatic carbocycles. The van der Waals surface area contributed by atoms with Gasteiger partial charge in [-0.25, -0.2) is 0 Å². The zero-order valence-electron chi connectivity index (χ0n) is 14.8. The van der Waals surface area contributed by atoms with Crippen LogP contribution in [0.4, 0.5) is 5.69 Å². The van der Waals surface area contributed by atoms with E-state index in [0.29, 0.717) is 30.0 Å². The van der Waals surface area contributed by atoms with E-state index in [1.165, 1.54) is 0 Å². The zero-order chi connectivity index (χ0) is 17.7. The lowest BCUT2D eigenvalue weighted by molar-refractivity contribution is -0.116. The predicted octanol–water partition coefficient (Wildman–Crippen LogP) is 3.60. The number of nitriles is 1. The van der Waals surface area contributed by atoms with Gasteiger partial charge in [-0.1, -0.05) is 13.8 Å². The summed E-state index contributed by atoms with van der Waals surface area (Å²) in [4.78, 5) is 12.1. The van der Waals surface area contributed by atoms with Gasteiger partial charge in [0.25, 0.3) is 0 Å². The summed E-state index contributed by atoms with van der Waals surface area (Å²) in [7, 11) is 0. The van der Waals surface area contributed by atoms with Crippen molar-refractivity contribution < 1.29 is 4.79 Å². The number of aryl methyl sites for hydroxylation is 1. The maximum absolute atomic E-state index is 12.1. The Balaban J connectivity index is 1.96. The van der Waals surface area contributed by atoms with Crippen LogP contribution in [0.5, 0.6) is 0 Å². The monoisotopic (exact) mass is 324 g/mol. The van der Waals surface area contributed by atoms with E-state index in [1.54, 1.807) is 24.3 Å². The van der Waals surface area contributed by atoms with Crippen molar-refractivity contribution in [3.63, 3.8) is 0 Å². The summed E-state index contributed by atoms with van der Waals surface area (Å²) in [6, 6.07) is 8.94. The summed E-state index contributed by atoms with van der Waals surface area (Å²) in [6.45, 7) is 9.29. The van der Waals surface area contributed by atoms with Crippen LogP contribution in [0.1, 0.15) is 42.8 Å². The van der Waals surface area contributed by atoms with Crippen LogP contribution in [0.15, 0.2) is 24.3 Å². The first kappa shape index (κ1) is 17.7. The number of carbonyl (C=O) groups excluding carboxylic acids is 1. The minimum atomic E-state index is -0.0323. The molecule has 0 saturated carbocycles. The molecule has 0 bridgehead atoms. The topological polar surface area (TPSA) is 70.7 Å². The van der Waals surface area contributed by atoms with Crippen molar-refractivity contribution >= 4 is 11.6 Å². The van der Waals surface area contributed by atoms with Gasteiger partial charge < -0.3 is 5.32 Å². The van der Waals surface area contributed by atoms with Crippen molar-refractivity contribution in [1.82, 2.24) is 9.78 Å². The molecular formula is C19H24N4O. The number of aromatic nitrogens is 2. The Hall–Kier alpha value is -2.61. The molecule has 0 atom stereocenters. The second-order valence-corrected chi connectivity index (χ2v) is 6.46. The molecule has 1 aromatic heterocycles. The number of benzene rings is 1. The summed E-state index contributed by atoms with van der Waals surface area (Å²) < 4.78 is 2.04. The van der Waals surface area contributed by atoms with Crippen molar-refractivity contribution in [3.05, 3.63) is 46.8 Å². The molecule has 1 amide bonds. The van der Waals surface area contributed by atoms with Crippen LogP contribution in [-0.2, 0) is 17.8 Å². The van der Waals surface area contributed by atoms with Crippen molar-refractivity contribution in [3.8, 4) is 6.07 Å². The molecule has 0 saturated heterocycles. The molecule has 24 heavy (non-hydrogen) atoms. The van der Waals surface area contributed by atoms with Gasteiger partial charge >= 0.3 is 0 Å². The van der Waals surface area contributed by atoms with Crippen LogP contribution in [0.25, 0.3) is 0 Å². The Labute approximate surface area is 143 Å². The van der Waals surface area contributed by atoms with Crippen LogP contribution in [0.2, 0.25) is 0 Å². The molecule has 0 fully saturated rings. The summed E-state index contributed by atoms with van der Waals surface area (Å²) >= 11 is 0. The zero-order valence-corrected chi connectivity index (χ0v) is 14.8. The van der Waals surface area contributed by atoms with Gasteiger partial charge in [0.05, 0.1) is 17.3 Å². The summed E-state index contributed by atoms with van der Waals surface area (Å²) in [5.74, 6) is 0.505. The molecule has 0 aliphatic heterocycles. The van der Waals surface area contributed by atoms with Crippen LogP contribution in [-0.4, -0.2) is 15.7 Å². The summed E-state index contributed by atoms with van der Waals surface area (Å²) in [6.07, 6.45) is 1.09. The first-order valence-corrected chi connectivity index (χ1v) is 8.23. The van der Waals surface area contributed by atoms with Gasteiger partial charge in [-0.15, -0.1) is 0 Å². The number of anilines is 1. The number of nitrogens with one attached hydrogen (secondary N) is 1. The minimum Gasteiger partial charge on any atom is -0.326 e. The second-order valence-electron chi connectivity index (χ2n) is 6.46. The maximum atomic E-state index is 12.1. The van der Waals surface area contributed by atoms with E-state index >= 15 is 0 Å². The van der Waals surface area contributed by atoms with Crippen LogP contribution >= 0.6 is 0 Å². The second kappa shape index (κ2) is 7.78. The van der Waals surface area contributed by atoms with Crippen molar-refractivity contribution in [2.75, 3.05) is 5.32 Å². The van der Waals surface area contributed by atoms with E-state index in [2.05, 4.69) is 37.3 Å². The van der Waals surface area contributed by atoms with Gasteiger partial charge in [0, 0.05) is 24.3 Å². The van der Waals surface area contributed by atoms with Gasteiger partial charge in [0.1, 0.15) is 0 Å². The molecule has 5 heteroatoms. The Morgan fingerprint density at radius 1 is 1.29 bits per heavy atom. The molecule has 1 heterocycles. The first-order valence-electron chi connectivity index (χ1n) is 8.23. The van der Waals surface area contributed by atoms with Gasteiger partial charge in [-0.3, -0.25) is 9.48 Å². The Morgan fingerprint density at radius 2 is 1.96 bits per heavy atom. The van der Waals surface area contributed by atoms with Crippen LogP contribution < -0.4 is 5.32 Å². The fourth-order valence-electron chi connectivity index (χ4n) is 2.71. The third-order valence-corrected chi connectivity index (χ3v) is 3.97. The predicted molar refractivity (Wildman–Crippen MR) is 94.6 cm³/mol. The molecule has 5 nitrogen and oxygen atoms in total. The largest absolute Gasteiger partial charge is 0.326 e. The molecule has 0 radical (unpaired) electrons. The molecule has 126 valence electrons. The fourth-order valence-corrected chi connectivity index (χ4v) is 2.71. The SMILES string of the molecule is Cc1nn(CC(C)C)c(C)c1CCC(=O)Nc1ccc(C#N)cc1. The van der Waals surface area contributed by atoms with Gasteiger partial charge in [0.15, 0.2) is 0 Å². The van der Waals surface area contributed by atoms with E-state index in [4.69, 9.17) is 5.26 Å². The van der Waals surface area contributed by atoms with E-state index in [9.17, 15) is 4.79 Å². The molecule has 0 unspecified atom stereocenters. The van der Waals surface area contributed by atoms with E-state index in [1.807, 2.05) is 11.6 Å². The van der Waals surface area contributed by atoms with Gasteiger partial charge in [0.2, 0.25) is 5.91 Å². The van der Waals surface area contributed by atoms with Gasteiger partial charge in [-0.2, -0.15) is 10.4 Å². The highest BCUT2D eigenvalue weighted by Crippen LogP contribution is 2.17. The molecule has 1 aromatic carbocycles.